The first kappa shape index (κ1) is 20.0. The van der Waals surface area contributed by atoms with E-state index in [9.17, 15) is 9.59 Å². The fourth-order valence-electron chi connectivity index (χ4n) is 3.02. The van der Waals surface area contributed by atoms with E-state index >= 15 is 0 Å². The Kier molecular flexibility index (Phi) is 6.11. The molecular formula is C21H20ClN3O2S. The van der Waals surface area contributed by atoms with Gasteiger partial charge in [-0.2, -0.15) is 0 Å². The van der Waals surface area contributed by atoms with Gasteiger partial charge in [-0.15, -0.1) is 0 Å². The average molecular weight is 414 g/mol. The first-order valence-corrected chi connectivity index (χ1v) is 9.75. The summed E-state index contributed by atoms with van der Waals surface area (Å²) >= 11 is 11.1. The molecule has 1 aliphatic heterocycles. The second kappa shape index (κ2) is 8.54. The minimum atomic E-state index is -0.506. The van der Waals surface area contributed by atoms with E-state index in [0.717, 1.165) is 24.3 Å². The Morgan fingerprint density at radius 3 is 2.21 bits per heavy atom. The summed E-state index contributed by atoms with van der Waals surface area (Å²) in [5.41, 5.74) is 2.43. The number of carbonyl (C=O) groups excluding carboxylic acids is 2. The molecule has 1 saturated heterocycles. The molecule has 3 rings (SSSR count). The van der Waals surface area contributed by atoms with Crippen molar-refractivity contribution in [2.75, 3.05) is 22.9 Å². The number of halogens is 1. The van der Waals surface area contributed by atoms with Crippen molar-refractivity contribution in [2.45, 2.75) is 13.8 Å². The zero-order valence-electron chi connectivity index (χ0n) is 15.6. The highest BCUT2D eigenvalue weighted by Gasteiger charge is 2.34. The fourth-order valence-corrected chi connectivity index (χ4v) is 3.43. The third-order valence-corrected chi connectivity index (χ3v) is 5.06. The summed E-state index contributed by atoms with van der Waals surface area (Å²) in [5.74, 6) is -0.975. The molecule has 0 spiro atoms. The monoisotopic (exact) mass is 413 g/mol. The second-order valence-electron chi connectivity index (χ2n) is 6.20. The van der Waals surface area contributed by atoms with Gasteiger partial charge >= 0.3 is 0 Å². The first-order chi connectivity index (χ1) is 13.4. The van der Waals surface area contributed by atoms with E-state index < -0.39 is 11.8 Å². The van der Waals surface area contributed by atoms with E-state index in [0.29, 0.717) is 10.7 Å². The lowest BCUT2D eigenvalue weighted by Gasteiger charge is -2.29. The van der Waals surface area contributed by atoms with Crippen molar-refractivity contribution in [1.82, 2.24) is 5.32 Å². The number of thiocarbonyl (C=S) groups is 1. The summed E-state index contributed by atoms with van der Waals surface area (Å²) < 4.78 is 0. The Hall–Kier alpha value is -2.70. The molecule has 7 heteroatoms. The molecule has 0 atom stereocenters. The molecule has 0 aliphatic carbocycles. The van der Waals surface area contributed by atoms with Gasteiger partial charge < -0.3 is 4.90 Å². The Labute approximate surface area is 174 Å². The van der Waals surface area contributed by atoms with Crippen LogP contribution in [0.3, 0.4) is 0 Å². The van der Waals surface area contributed by atoms with E-state index in [4.69, 9.17) is 23.8 Å². The van der Waals surface area contributed by atoms with Crippen molar-refractivity contribution in [2.24, 2.45) is 0 Å². The number of benzene rings is 2. The van der Waals surface area contributed by atoms with Crippen LogP contribution in [0.4, 0.5) is 11.4 Å². The molecule has 0 aromatic heterocycles. The van der Waals surface area contributed by atoms with Gasteiger partial charge in [0, 0.05) is 23.8 Å². The number of amides is 2. The Morgan fingerprint density at radius 2 is 1.64 bits per heavy atom. The third-order valence-electron chi connectivity index (χ3n) is 4.52. The molecular weight excluding hydrogens is 394 g/mol. The average Bonchev–Trinajstić information content (AvgIpc) is 2.68. The normalized spacial score (nSPS) is 15.8. The Bertz CT molecular complexity index is 935. The number of hydrogen-bond acceptors (Lipinski definition) is 4. The first-order valence-electron chi connectivity index (χ1n) is 8.96. The summed E-state index contributed by atoms with van der Waals surface area (Å²) in [5, 5.41) is 3.18. The van der Waals surface area contributed by atoms with Crippen LogP contribution in [0.25, 0.3) is 6.08 Å². The molecule has 1 heterocycles. The minimum Gasteiger partial charge on any atom is -0.372 e. The van der Waals surface area contributed by atoms with Crippen molar-refractivity contribution in [3.63, 3.8) is 0 Å². The SMILES string of the molecule is CCN(CC)c1ccc(/C=C2/C(=O)NC(=S)N(c3ccc(Cl)cc3)C2=O)cc1. The molecule has 28 heavy (non-hydrogen) atoms. The lowest BCUT2D eigenvalue weighted by atomic mass is 10.1. The summed E-state index contributed by atoms with van der Waals surface area (Å²) in [6.45, 7) is 6.01. The van der Waals surface area contributed by atoms with Crippen molar-refractivity contribution < 1.29 is 9.59 Å². The number of nitrogens with zero attached hydrogens (tertiary/aromatic N) is 2. The molecule has 0 saturated carbocycles. The summed E-state index contributed by atoms with van der Waals surface area (Å²) in [6.07, 6.45) is 1.58. The molecule has 1 fully saturated rings. The smallest absolute Gasteiger partial charge is 0.270 e. The van der Waals surface area contributed by atoms with E-state index in [1.54, 1.807) is 30.3 Å². The van der Waals surface area contributed by atoms with Gasteiger partial charge in [0.15, 0.2) is 5.11 Å². The highest BCUT2D eigenvalue weighted by molar-refractivity contribution is 7.80. The van der Waals surface area contributed by atoms with E-state index in [1.807, 2.05) is 24.3 Å². The van der Waals surface area contributed by atoms with Crippen molar-refractivity contribution in [3.8, 4) is 0 Å². The number of nitrogens with one attached hydrogen (secondary N) is 1. The lowest BCUT2D eigenvalue weighted by molar-refractivity contribution is -0.122. The molecule has 144 valence electrons. The van der Waals surface area contributed by atoms with Crippen molar-refractivity contribution >= 4 is 58.2 Å². The number of hydrogen-bond donors (Lipinski definition) is 1. The summed E-state index contributed by atoms with van der Waals surface area (Å²) in [7, 11) is 0. The van der Waals surface area contributed by atoms with Crippen LogP contribution in [-0.4, -0.2) is 30.0 Å². The van der Waals surface area contributed by atoms with Crippen LogP contribution in [0.5, 0.6) is 0 Å². The standard InChI is InChI=1S/C21H20ClN3O2S/c1-3-24(4-2)16-9-5-14(6-10-16)13-18-19(26)23-21(28)25(20(18)27)17-11-7-15(22)8-12-17/h5-13H,3-4H2,1-2H3,(H,23,26,28)/b18-13-. The number of anilines is 2. The maximum atomic E-state index is 13.0. The second-order valence-corrected chi connectivity index (χ2v) is 7.02. The van der Waals surface area contributed by atoms with Crippen molar-refractivity contribution in [1.29, 1.82) is 0 Å². The third kappa shape index (κ3) is 4.08. The predicted octanol–water partition coefficient (Wildman–Crippen LogP) is 4.02. The van der Waals surface area contributed by atoms with E-state index in [-0.39, 0.29) is 10.7 Å². The van der Waals surface area contributed by atoms with Gasteiger partial charge in [-0.25, -0.2) is 0 Å². The molecule has 0 unspecified atom stereocenters. The van der Waals surface area contributed by atoms with Crippen LogP contribution in [0.2, 0.25) is 5.02 Å². The van der Waals surface area contributed by atoms with E-state index in [2.05, 4.69) is 24.1 Å². The zero-order valence-corrected chi connectivity index (χ0v) is 17.2. The topological polar surface area (TPSA) is 52.7 Å². The van der Waals surface area contributed by atoms with Crippen LogP contribution < -0.4 is 15.1 Å². The lowest BCUT2D eigenvalue weighted by Crippen LogP contribution is -2.54. The quantitative estimate of drug-likeness (QED) is 0.457. The van der Waals surface area contributed by atoms with Crippen molar-refractivity contribution in [3.05, 3.63) is 64.7 Å². The van der Waals surface area contributed by atoms with Crippen LogP contribution in [-0.2, 0) is 9.59 Å². The Balaban J connectivity index is 1.91. The van der Waals surface area contributed by atoms with Crippen LogP contribution >= 0.6 is 23.8 Å². The molecule has 2 aromatic carbocycles. The summed E-state index contributed by atoms with van der Waals surface area (Å²) in [4.78, 5) is 28.9. The predicted molar refractivity (Wildman–Crippen MR) is 118 cm³/mol. The molecule has 0 radical (unpaired) electrons. The van der Waals surface area contributed by atoms with Crippen LogP contribution in [0.15, 0.2) is 54.1 Å². The van der Waals surface area contributed by atoms with Gasteiger partial charge in [0.1, 0.15) is 5.57 Å². The highest BCUT2D eigenvalue weighted by Crippen LogP contribution is 2.24. The fraction of sp³-hybridized carbons (Fsp3) is 0.190. The maximum Gasteiger partial charge on any atom is 0.270 e. The van der Waals surface area contributed by atoms with E-state index in [1.165, 1.54) is 4.90 Å². The number of carbonyl (C=O) groups is 2. The number of rotatable bonds is 5. The Morgan fingerprint density at radius 1 is 1.04 bits per heavy atom. The molecule has 1 N–H and O–H groups in total. The highest BCUT2D eigenvalue weighted by atomic mass is 35.5. The molecule has 2 aromatic rings. The van der Waals surface area contributed by atoms with Gasteiger partial charge in [-0.1, -0.05) is 23.7 Å². The molecule has 2 amide bonds. The van der Waals surface area contributed by atoms with Crippen LogP contribution in [0, 0.1) is 0 Å². The minimum absolute atomic E-state index is 0.0270. The van der Waals surface area contributed by atoms with Gasteiger partial charge in [-0.3, -0.25) is 19.8 Å². The zero-order chi connectivity index (χ0) is 20.3. The maximum absolute atomic E-state index is 13.0. The van der Waals surface area contributed by atoms with Gasteiger partial charge in [0.25, 0.3) is 11.8 Å². The molecule has 0 bridgehead atoms. The van der Waals surface area contributed by atoms with Crippen LogP contribution in [0.1, 0.15) is 19.4 Å². The molecule has 5 nitrogen and oxygen atoms in total. The van der Waals surface area contributed by atoms with Gasteiger partial charge in [0.2, 0.25) is 0 Å². The largest absolute Gasteiger partial charge is 0.372 e. The van der Waals surface area contributed by atoms with Gasteiger partial charge in [0.05, 0.1) is 5.69 Å². The van der Waals surface area contributed by atoms with Gasteiger partial charge in [-0.05, 0) is 74.1 Å². The molecule has 1 aliphatic rings. The summed E-state index contributed by atoms with van der Waals surface area (Å²) in [6, 6.07) is 14.4.